The topological polar surface area (TPSA) is 29.5 Å². The molecule has 0 radical (unpaired) electrons. The summed E-state index contributed by atoms with van der Waals surface area (Å²) in [5.41, 5.74) is 1.83. The van der Waals surface area contributed by atoms with Gasteiger partial charge in [-0.3, -0.25) is 0 Å². The van der Waals surface area contributed by atoms with Gasteiger partial charge in [-0.25, -0.2) is 0 Å². The molecular weight excluding hydrogens is 152 g/mol. The molecule has 1 N–H and O–H groups in total. The summed E-state index contributed by atoms with van der Waals surface area (Å²) >= 11 is 0. The number of methoxy groups -OCH3 is 1. The van der Waals surface area contributed by atoms with Crippen molar-refractivity contribution in [3.63, 3.8) is 0 Å². The number of hydrogen-bond acceptors (Lipinski definition) is 2. The lowest BCUT2D eigenvalue weighted by Gasteiger charge is -2.06. The molecule has 1 rings (SSSR count). The first-order valence-electron chi connectivity index (χ1n) is 4.08. The highest BCUT2D eigenvalue weighted by Gasteiger charge is 2.03. The van der Waals surface area contributed by atoms with Gasteiger partial charge in [0, 0.05) is 12.7 Å². The number of aromatic hydroxyl groups is 1. The van der Waals surface area contributed by atoms with Gasteiger partial charge >= 0.3 is 0 Å². The quantitative estimate of drug-likeness (QED) is 0.745. The minimum Gasteiger partial charge on any atom is -0.507 e. The van der Waals surface area contributed by atoms with Gasteiger partial charge in [0.05, 0.1) is 6.61 Å². The van der Waals surface area contributed by atoms with Gasteiger partial charge in [0.2, 0.25) is 0 Å². The normalized spacial score (nSPS) is 10.2. The van der Waals surface area contributed by atoms with Gasteiger partial charge in [0.1, 0.15) is 5.75 Å². The van der Waals surface area contributed by atoms with Crippen molar-refractivity contribution >= 4 is 0 Å². The first-order valence-corrected chi connectivity index (χ1v) is 4.08. The summed E-state index contributed by atoms with van der Waals surface area (Å²) < 4.78 is 4.95. The number of benzene rings is 1. The van der Waals surface area contributed by atoms with E-state index >= 15 is 0 Å². The number of phenolic OH excluding ortho intramolecular Hbond substituents is 1. The Labute approximate surface area is 72.8 Å². The molecule has 12 heavy (non-hydrogen) atoms. The molecular formula is C10H14O2. The number of hydrogen-bond donors (Lipinski definition) is 1. The van der Waals surface area contributed by atoms with Crippen molar-refractivity contribution < 1.29 is 9.84 Å². The summed E-state index contributed by atoms with van der Waals surface area (Å²) in [6.07, 6.45) is 0.851. The third-order valence-electron chi connectivity index (χ3n) is 1.88. The summed E-state index contributed by atoms with van der Waals surface area (Å²) in [7, 11) is 1.62. The monoisotopic (exact) mass is 166 g/mol. The number of aryl methyl sites for hydroxylation is 1. The van der Waals surface area contributed by atoms with Gasteiger partial charge in [-0.2, -0.15) is 0 Å². The molecule has 0 aliphatic heterocycles. The number of para-hydroxylation sites is 1. The lowest BCUT2D eigenvalue weighted by molar-refractivity contribution is 0.182. The molecule has 0 fully saturated rings. The Morgan fingerprint density at radius 2 is 2.00 bits per heavy atom. The predicted molar refractivity (Wildman–Crippen MR) is 48.2 cm³/mol. The smallest absolute Gasteiger partial charge is 0.124 e. The largest absolute Gasteiger partial charge is 0.507 e. The molecule has 1 aromatic carbocycles. The number of phenols is 1. The predicted octanol–water partition coefficient (Wildman–Crippen LogP) is 2.10. The van der Waals surface area contributed by atoms with Crippen LogP contribution in [-0.2, 0) is 17.8 Å². The van der Waals surface area contributed by atoms with E-state index in [0.717, 1.165) is 17.5 Å². The minimum atomic E-state index is 0.377. The average Bonchev–Trinajstić information content (AvgIpc) is 2.09. The van der Waals surface area contributed by atoms with Crippen LogP contribution in [0.25, 0.3) is 0 Å². The molecule has 0 saturated heterocycles. The number of rotatable bonds is 3. The van der Waals surface area contributed by atoms with E-state index in [1.165, 1.54) is 0 Å². The minimum absolute atomic E-state index is 0.377. The zero-order valence-electron chi connectivity index (χ0n) is 7.50. The van der Waals surface area contributed by atoms with E-state index in [4.69, 9.17) is 4.74 Å². The fraction of sp³-hybridized carbons (Fsp3) is 0.400. The Kier molecular flexibility index (Phi) is 3.11. The van der Waals surface area contributed by atoms with Gasteiger partial charge in [0.25, 0.3) is 0 Å². The standard InChI is InChI=1S/C10H14O2/c1-3-8-5-4-6-9(7-12-2)10(8)11/h4-6,11H,3,7H2,1-2H3. The van der Waals surface area contributed by atoms with Crippen molar-refractivity contribution in [1.29, 1.82) is 0 Å². The molecule has 0 aliphatic carbocycles. The van der Waals surface area contributed by atoms with Gasteiger partial charge < -0.3 is 9.84 Å². The maximum absolute atomic E-state index is 9.64. The zero-order valence-corrected chi connectivity index (χ0v) is 7.50. The molecule has 1 aromatic rings. The van der Waals surface area contributed by atoms with Crippen LogP contribution in [0, 0.1) is 0 Å². The average molecular weight is 166 g/mol. The van der Waals surface area contributed by atoms with E-state index in [9.17, 15) is 5.11 Å². The lowest BCUT2D eigenvalue weighted by Crippen LogP contribution is -1.91. The first kappa shape index (κ1) is 9.07. The molecule has 0 saturated carbocycles. The van der Waals surface area contributed by atoms with Gasteiger partial charge in [0.15, 0.2) is 0 Å². The fourth-order valence-corrected chi connectivity index (χ4v) is 1.20. The van der Waals surface area contributed by atoms with Gasteiger partial charge in [-0.05, 0) is 12.0 Å². The van der Waals surface area contributed by atoms with Crippen LogP contribution in [0.1, 0.15) is 18.1 Å². The Bertz CT molecular complexity index is 256. The molecule has 2 heteroatoms. The van der Waals surface area contributed by atoms with Crippen LogP contribution in [-0.4, -0.2) is 12.2 Å². The van der Waals surface area contributed by atoms with E-state index in [0.29, 0.717) is 12.4 Å². The van der Waals surface area contributed by atoms with Crippen molar-refractivity contribution in [3.05, 3.63) is 29.3 Å². The Balaban J connectivity index is 2.97. The maximum atomic E-state index is 9.64. The SMILES string of the molecule is CCc1cccc(COC)c1O. The molecule has 0 aromatic heterocycles. The van der Waals surface area contributed by atoms with E-state index in [2.05, 4.69) is 0 Å². The molecule has 66 valence electrons. The second-order valence-corrected chi connectivity index (χ2v) is 2.71. The van der Waals surface area contributed by atoms with Crippen LogP contribution in [0.2, 0.25) is 0 Å². The zero-order chi connectivity index (χ0) is 8.97. The highest BCUT2D eigenvalue weighted by Crippen LogP contribution is 2.23. The highest BCUT2D eigenvalue weighted by atomic mass is 16.5. The molecule has 0 spiro atoms. The highest BCUT2D eigenvalue weighted by molar-refractivity contribution is 5.39. The Morgan fingerprint density at radius 3 is 2.58 bits per heavy atom. The summed E-state index contributed by atoms with van der Waals surface area (Å²) in [5.74, 6) is 0.377. The third-order valence-corrected chi connectivity index (χ3v) is 1.88. The van der Waals surface area contributed by atoms with Crippen molar-refractivity contribution in [3.8, 4) is 5.75 Å². The molecule has 0 amide bonds. The van der Waals surface area contributed by atoms with Crippen molar-refractivity contribution in [1.82, 2.24) is 0 Å². The van der Waals surface area contributed by atoms with E-state index in [1.807, 2.05) is 25.1 Å². The van der Waals surface area contributed by atoms with Crippen LogP contribution in [0.4, 0.5) is 0 Å². The summed E-state index contributed by atoms with van der Waals surface area (Å²) in [6, 6.07) is 5.74. The van der Waals surface area contributed by atoms with Crippen LogP contribution in [0.3, 0.4) is 0 Å². The lowest BCUT2D eigenvalue weighted by atomic mass is 10.1. The van der Waals surface area contributed by atoms with Crippen LogP contribution < -0.4 is 0 Å². The van der Waals surface area contributed by atoms with Crippen LogP contribution in [0.5, 0.6) is 5.75 Å². The molecule has 0 bridgehead atoms. The molecule has 0 atom stereocenters. The third kappa shape index (κ3) is 1.77. The van der Waals surface area contributed by atoms with Crippen molar-refractivity contribution in [2.24, 2.45) is 0 Å². The second-order valence-electron chi connectivity index (χ2n) is 2.71. The number of ether oxygens (including phenoxy) is 1. The first-order chi connectivity index (χ1) is 5.79. The Morgan fingerprint density at radius 1 is 1.33 bits per heavy atom. The summed E-state index contributed by atoms with van der Waals surface area (Å²) in [6.45, 7) is 2.49. The molecule has 0 heterocycles. The van der Waals surface area contributed by atoms with E-state index in [-0.39, 0.29) is 0 Å². The maximum Gasteiger partial charge on any atom is 0.124 e. The van der Waals surface area contributed by atoms with E-state index < -0.39 is 0 Å². The molecule has 2 nitrogen and oxygen atoms in total. The fourth-order valence-electron chi connectivity index (χ4n) is 1.20. The molecule has 0 unspecified atom stereocenters. The second kappa shape index (κ2) is 4.12. The van der Waals surface area contributed by atoms with Gasteiger partial charge in [-0.1, -0.05) is 25.1 Å². The van der Waals surface area contributed by atoms with E-state index in [1.54, 1.807) is 7.11 Å². The van der Waals surface area contributed by atoms with Crippen molar-refractivity contribution in [2.45, 2.75) is 20.0 Å². The van der Waals surface area contributed by atoms with Gasteiger partial charge in [-0.15, -0.1) is 0 Å². The summed E-state index contributed by atoms with van der Waals surface area (Å²) in [5, 5.41) is 9.64. The van der Waals surface area contributed by atoms with Crippen molar-refractivity contribution in [2.75, 3.05) is 7.11 Å². The Hall–Kier alpha value is -1.02. The molecule has 0 aliphatic rings. The summed E-state index contributed by atoms with van der Waals surface area (Å²) in [4.78, 5) is 0. The van der Waals surface area contributed by atoms with Crippen LogP contribution >= 0.6 is 0 Å². The van der Waals surface area contributed by atoms with Crippen LogP contribution in [0.15, 0.2) is 18.2 Å².